The lowest BCUT2D eigenvalue weighted by Gasteiger charge is -2.32. The van der Waals surface area contributed by atoms with Gasteiger partial charge < -0.3 is 20.3 Å². The fraction of sp³-hybridized carbons (Fsp3) is 0.458. The number of anilines is 3. The molecule has 2 aromatic rings. The second-order valence-electron chi connectivity index (χ2n) is 8.78. The van der Waals surface area contributed by atoms with Crippen LogP contribution < -0.4 is 21.1 Å². The molecule has 3 N–H and O–H groups in total. The van der Waals surface area contributed by atoms with E-state index in [1.165, 1.54) is 0 Å². The summed E-state index contributed by atoms with van der Waals surface area (Å²) in [6.45, 7) is 6.94. The molecule has 1 fully saturated rings. The third kappa shape index (κ3) is 4.80. The number of carbonyl (C=O) groups is 3. The molecule has 10 heteroatoms. The summed E-state index contributed by atoms with van der Waals surface area (Å²) in [6.07, 6.45) is 1.28. The number of hydrogen-bond acceptors (Lipinski definition) is 7. The van der Waals surface area contributed by atoms with Crippen LogP contribution in [0.25, 0.3) is 0 Å². The number of esters is 1. The van der Waals surface area contributed by atoms with E-state index in [9.17, 15) is 19.2 Å². The number of amides is 2. The Morgan fingerprint density at radius 3 is 2.76 bits per heavy atom. The van der Waals surface area contributed by atoms with Crippen molar-refractivity contribution < 1.29 is 19.1 Å². The van der Waals surface area contributed by atoms with Crippen LogP contribution in [0.5, 0.6) is 0 Å². The first-order valence-corrected chi connectivity index (χ1v) is 11.5. The Hall–Kier alpha value is -3.69. The fourth-order valence-electron chi connectivity index (χ4n) is 4.40. The molecule has 4 rings (SSSR count). The minimum Gasteiger partial charge on any atom is -0.466 e. The lowest BCUT2D eigenvalue weighted by atomic mass is 9.92. The lowest BCUT2D eigenvalue weighted by Crippen LogP contribution is -2.42. The summed E-state index contributed by atoms with van der Waals surface area (Å²) in [5.41, 5.74) is 2.35. The smallest absolute Gasteiger partial charge is 0.310 e. The van der Waals surface area contributed by atoms with E-state index in [1.54, 1.807) is 17.9 Å². The maximum atomic E-state index is 13.1. The van der Waals surface area contributed by atoms with Gasteiger partial charge >= 0.3 is 5.97 Å². The maximum Gasteiger partial charge on any atom is 0.310 e. The molecule has 1 aromatic carbocycles. The Morgan fingerprint density at radius 2 is 2.03 bits per heavy atom. The van der Waals surface area contributed by atoms with Crippen molar-refractivity contribution in [3.05, 3.63) is 45.2 Å². The molecule has 10 nitrogen and oxygen atoms in total. The van der Waals surface area contributed by atoms with Gasteiger partial charge in [-0.05, 0) is 56.9 Å². The van der Waals surface area contributed by atoms with Crippen molar-refractivity contribution in [2.45, 2.75) is 46.0 Å². The van der Waals surface area contributed by atoms with Gasteiger partial charge in [-0.2, -0.15) is 4.98 Å². The van der Waals surface area contributed by atoms with Crippen LogP contribution in [0.3, 0.4) is 0 Å². The van der Waals surface area contributed by atoms with Gasteiger partial charge in [-0.1, -0.05) is 6.07 Å². The molecule has 0 radical (unpaired) electrons. The van der Waals surface area contributed by atoms with E-state index in [2.05, 4.69) is 20.6 Å². The van der Waals surface area contributed by atoms with Crippen LogP contribution in [0.2, 0.25) is 0 Å². The van der Waals surface area contributed by atoms with Gasteiger partial charge in [0.2, 0.25) is 17.8 Å². The second kappa shape index (κ2) is 9.66. The molecule has 2 atom stereocenters. The van der Waals surface area contributed by atoms with E-state index in [0.29, 0.717) is 31.8 Å². The van der Waals surface area contributed by atoms with Gasteiger partial charge in [0, 0.05) is 25.2 Å². The number of benzene rings is 1. The van der Waals surface area contributed by atoms with E-state index in [4.69, 9.17) is 4.74 Å². The number of nitrogens with zero attached hydrogens (tertiary/aromatic N) is 2. The number of carbonyl (C=O) groups excluding carboxylic acids is 3. The molecular weight excluding hydrogens is 438 g/mol. The van der Waals surface area contributed by atoms with Crippen LogP contribution in [-0.2, 0) is 19.1 Å². The van der Waals surface area contributed by atoms with Crippen LogP contribution in [0, 0.1) is 19.8 Å². The van der Waals surface area contributed by atoms with E-state index >= 15 is 0 Å². The van der Waals surface area contributed by atoms with Crippen LogP contribution in [0.1, 0.15) is 48.8 Å². The molecule has 2 unspecified atom stereocenters. The van der Waals surface area contributed by atoms with Crippen molar-refractivity contribution in [3.63, 3.8) is 0 Å². The van der Waals surface area contributed by atoms with Gasteiger partial charge in [0.15, 0.2) is 0 Å². The number of hydrogen-bond donors (Lipinski definition) is 3. The maximum absolute atomic E-state index is 13.1. The first-order chi connectivity index (χ1) is 16.3. The molecule has 1 aromatic heterocycles. The zero-order chi connectivity index (χ0) is 24.4. The van der Waals surface area contributed by atoms with E-state index in [1.807, 2.05) is 26.0 Å². The number of ether oxygens (including phenoxy) is 1. The largest absolute Gasteiger partial charge is 0.466 e. The quantitative estimate of drug-likeness (QED) is 0.574. The third-order valence-corrected chi connectivity index (χ3v) is 6.37. The average molecular weight is 468 g/mol. The summed E-state index contributed by atoms with van der Waals surface area (Å²) in [5, 5.41) is 5.45. The number of piperidine rings is 1. The monoisotopic (exact) mass is 467 g/mol. The fourth-order valence-corrected chi connectivity index (χ4v) is 4.40. The van der Waals surface area contributed by atoms with E-state index < -0.39 is 17.4 Å². The van der Waals surface area contributed by atoms with Crippen molar-refractivity contribution in [3.8, 4) is 0 Å². The van der Waals surface area contributed by atoms with Gasteiger partial charge in [-0.3, -0.25) is 24.2 Å². The molecule has 1 saturated heterocycles. The predicted octanol–water partition coefficient (Wildman–Crippen LogP) is 2.23. The summed E-state index contributed by atoms with van der Waals surface area (Å²) < 4.78 is 5.14. The van der Waals surface area contributed by atoms with Crippen molar-refractivity contribution in [1.29, 1.82) is 0 Å². The van der Waals surface area contributed by atoms with Crippen molar-refractivity contribution in [1.82, 2.24) is 9.97 Å². The number of H-pyrrole nitrogens is 1. The highest BCUT2D eigenvalue weighted by molar-refractivity contribution is 6.04. The van der Waals surface area contributed by atoms with E-state index in [0.717, 1.165) is 17.5 Å². The number of nitrogens with one attached hydrogen (secondary N) is 3. The number of aromatic nitrogens is 2. The zero-order valence-corrected chi connectivity index (χ0v) is 19.6. The Bertz CT molecular complexity index is 1190. The second-order valence-corrected chi connectivity index (χ2v) is 8.78. The first kappa shape index (κ1) is 23.5. The minimum absolute atomic E-state index is 0.0773. The highest BCUT2D eigenvalue weighted by atomic mass is 16.5. The Labute approximate surface area is 197 Å². The van der Waals surface area contributed by atoms with Crippen molar-refractivity contribution >= 4 is 35.2 Å². The summed E-state index contributed by atoms with van der Waals surface area (Å²) in [6, 6.07) is 5.53. The summed E-state index contributed by atoms with van der Waals surface area (Å²) in [7, 11) is 0. The molecule has 0 saturated carbocycles. The van der Waals surface area contributed by atoms with Crippen molar-refractivity contribution in [2.24, 2.45) is 5.92 Å². The minimum atomic E-state index is -0.968. The Kier molecular flexibility index (Phi) is 6.67. The molecule has 180 valence electrons. The summed E-state index contributed by atoms with van der Waals surface area (Å²) in [4.78, 5) is 59.7. The normalized spacial score (nSPS) is 19.7. The van der Waals surface area contributed by atoms with Crippen LogP contribution >= 0.6 is 0 Å². The van der Waals surface area contributed by atoms with E-state index in [-0.39, 0.29) is 41.5 Å². The Balaban J connectivity index is 1.59. The van der Waals surface area contributed by atoms with Crippen LogP contribution in [0.15, 0.2) is 23.0 Å². The SMILES string of the molecule is CCOC(=O)C1CCCN(c2nc3c(c(=O)[nH]2)C(C(=O)Nc2ccc(C)c(C)c2)CC(=O)N3)C1. The number of rotatable bonds is 5. The zero-order valence-electron chi connectivity index (χ0n) is 19.6. The van der Waals surface area contributed by atoms with Gasteiger partial charge in [0.25, 0.3) is 5.56 Å². The topological polar surface area (TPSA) is 133 Å². The lowest BCUT2D eigenvalue weighted by molar-refractivity contribution is -0.148. The summed E-state index contributed by atoms with van der Waals surface area (Å²) in [5.74, 6) is -2.06. The Morgan fingerprint density at radius 1 is 1.24 bits per heavy atom. The van der Waals surface area contributed by atoms with Crippen molar-refractivity contribution in [2.75, 3.05) is 35.2 Å². The molecule has 0 spiro atoms. The van der Waals surface area contributed by atoms with Gasteiger partial charge in [0.1, 0.15) is 5.82 Å². The van der Waals surface area contributed by atoms with Crippen LogP contribution in [0.4, 0.5) is 17.5 Å². The molecule has 2 aliphatic rings. The van der Waals surface area contributed by atoms with Crippen LogP contribution in [-0.4, -0.2) is 47.4 Å². The van der Waals surface area contributed by atoms with Gasteiger partial charge in [-0.15, -0.1) is 0 Å². The average Bonchev–Trinajstić information content (AvgIpc) is 2.80. The molecule has 0 aliphatic carbocycles. The third-order valence-electron chi connectivity index (χ3n) is 6.37. The number of aryl methyl sites for hydroxylation is 2. The standard InChI is InChI=1S/C24H29N5O5/c1-4-34-23(33)15-6-5-9-29(12-15)24-27-20-19(22(32)28-24)17(11-18(30)26-20)21(31)25-16-8-7-13(2)14(3)10-16/h7-8,10,15,17H,4-6,9,11-12H2,1-3H3,(H,25,31)(H2,26,27,28,30,32). The first-order valence-electron chi connectivity index (χ1n) is 11.5. The molecule has 2 aliphatic heterocycles. The number of aromatic amines is 1. The molecule has 0 bridgehead atoms. The van der Waals surface area contributed by atoms with Gasteiger partial charge in [0.05, 0.1) is 24.0 Å². The predicted molar refractivity (Wildman–Crippen MR) is 127 cm³/mol. The molecule has 3 heterocycles. The molecule has 2 amide bonds. The number of fused-ring (bicyclic) bond motifs is 1. The highest BCUT2D eigenvalue weighted by Gasteiger charge is 2.36. The van der Waals surface area contributed by atoms with Gasteiger partial charge in [-0.25, -0.2) is 0 Å². The summed E-state index contributed by atoms with van der Waals surface area (Å²) >= 11 is 0. The highest BCUT2D eigenvalue weighted by Crippen LogP contribution is 2.31. The molecular formula is C24H29N5O5. The molecule has 34 heavy (non-hydrogen) atoms.